The smallest absolute Gasteiger partial charge is 0.168 e. The van der Waals surface area contributed by atoms with Crippen molar-refractivity contribution < 1.29 is 13.5 Å². The summed E-state index contributed by atoms with van der Waals surface area (Å²) in [6, 6.07) is 13.3. The molecule has 0 fully saturated rings. The van der Waals surface area contributed by atoms with Crippen LogP contribution >= 0.6 is 0 Å². The van der Waals surface area contributed by atoms with E-state index in [1.807, 2.05) is 18.2 Å². The molecule has 0 radical (unpaired) electrons. The van der Waals surface area contributed by atoms with Gasteiger partial charge in [-0.3, -0.25) is 0 Å². The first-order valence-corrected chi connectivity index (χ1v) is 5.89. The van der Waals surface area contributed by atoms with Crippen LogP contribution in [0.5, 0.6) is 5.75 Å². The largest absolute Gasteiger partial charge is 0.508 e. The number of phenolic OH excluding ortho intramolecular Hbond substituents is 1. The van der Waals surface area contributed by atoms with Crippen LogP contribution in [-0.4, -0.2) is 13.5 Å². The Bertz CT molecular complexity index is 566. The minimum atomic E-state index is -2.66. The third-order valence-electron chi connectivity index (χ3n) is 2.26. The highest BCUT2D eigenvalue weighted by Gasteiger charge is 2.07. The molecule has 0 saturated heterocycles. The van der Waals surface area contributed by atoms with Gasteiger partial charge in [-0.05, 0) is 23.8 Å². The molecule has 82 valence electrons. The molecular formula is C12H10O3S. The molecule has 2 aromatic carbocycles. The molecule has 0 aromatic heterocycles. The van der Waals surface area contributed by atoms with Crippen LogP contribution < -0.4 is 0 Å². The van der Waals surface area contributed by atoms with Gasteiger partial charge in [0.25, 0.3) is 0 Å². The highest BCUT2D eigenvalue weighted by molar-refractivity contribution is 7.72. The van der Waals surface area contributed by atoms with Crippen LogP contribution in [-0.2, 0) is 10.7 Å². The van der Waals surface area contributed by atoms with Gasteiger partial charge in [0.15, 0.2) is 10.7 Å². The summed E-state index contributed by atoms with van der Waals surface area (Å²) in [4.78, 5) is 0.221. The molecule has 0 aliphatic rings. The molecule has 4 heteroatoms. The molecule has 16 heavy (non-hydrogen) atoms. The molecule has 1 N–H and O–H groups in total. The predicted octanol–water partition coefficient (Wildman–Crippen LogP) is 2.03. The van der Waals surface area contributed by atoms with Gasteiger partial charge in [0.2, 0.25) is 0 Å². The zero-order valence-electron chi connectivity index (χ0n) is 8.33. The van der Waals surface area contributed by atoms with E-state index in [-0.39, 0.29) is 10.6 Å². The van der Waals surface area contributed by atoms with Gasteiger partial charge in [-0.1, -0.05) is 30.3 Å². The summed E-state index contributed by atoms with van der Waals surface area (Å²) < 4.78 is 22.1. The number of aromatic hydroxyl groups is 1. The van der Waals surface area contributed by atoms with Crippen molar-refractivity contribution in [2.24, 2.45) is 0 Å². The Morgan fingerprint density at radius 1 is 0.938 bits per heavy atom. The molecule has 0 aliphatic heterocycles. The molecule has 3 nitrogen and oxygen atoms in total. The standard InChI is InChI=1S/C12H10O3S/c13-10-6-7-12(16(14)15)11(8-10)9-4-2-1-3-5-9/h1-8,13,16H. The van der Waals surface area contributed by atoms with E-state index >= 15 is 0 Å². The zero-order valence-corrected chi connectivity index (χ0v) is 9.22. The lowest BCUT2D eigenvalue weighted by molar-refractivity contribution is 0.475. The van der Waals surface area contributed by atoms with Gasteiger partial charge in [-0.15, -0.1) is 0 Å². The molecular weight excluding hydrogens is 224 g/mol. The summed E-state index contributed by atoms with van der Waals surface area (Å²) >= 11 is 0. The number of thiol groups is 1. The fraction of sp³-hybridized carbons (Fsp3) is 0. The third-order valence-corrected chi connectivity index (χ3v) is 3.04. The highest BCUT2D eigenvalue weighted by atomic mass is 32.2. The summed E-state index contributed by atoms with van der Waals surface area (Å²) in [5, 5.41) is 9.38. The average Bonchev–Trinajstić information content (AvgIpc) is 2.29. The summed E-state index contributed by atoms with van der Waals surface area (Å²) in [6.45, 7) is 0. The van der Waals surface area contributed by atoms with E-state index in [2.05, 4.69) is 0 Å². The lowest BCUT2D eigenvalue weighted by Crippen LogP contribution is -1.87. The van der Waals surface area contributed by atoms with Crippen molar-refractivity contribution in [3.8, 4) is 16.9 Å². The molecule has 0 saturated carbocycles. The summed E-state index contributed by atoms with van der Waals surface area (Å²) in [5.74, 6) is 0.0550. The second kappa shape index (κ2) is 4.37. The number of hydrogen-bond acceptors (Lipinski definition) is 3. The Balaban J connectivity index is 2.68. The van der Waals surface area contributed by atoms with Crippen LogP contribution in [0.4, 0.5) is 0 Å². The molecule has 0 amide bonds. The van der Waals surface area contributed by atoms with Crippen molar-refractivity contribution in [3.63, 3.8) is 0 Å². The first-order valence-electron chi connectivity index (χ1n) is 4.71. The molecule has 0 aliphatic carbocycles. The molecule has 0 atom stereocenters. The fourth-order valence-corrected chi connectivity index (χ4v) is 2.12. The van der Waals surface area contributed by atoms with Crippen molar-refractivity contribution in [2.75, 3.05) is 0 Å². The van der Waals surface area contributed by atoms with Gasteiger partial charge in [-0.2, -0.15) is 0 Å². The maximum Gasteiger partial charge on any atom is 0.168 e. The fourth-order valence-electron chi connectivity index (χ4n) is 1.53. The second-order valence-corrected chi connectivity index (χ2v) is 4.32. The van der Waals surface area contributed by atoms with Crippen LogP contribution in [0.3, 0.4) is 0 Å². The molecule has 2 aromatic rings. The van der Waals surface area contributed by atoms with Crippen LogP contribution in [0.15, 0.2) is 53.4 Å². The number of rotatable bonds is 2. The van der Waals surface area contributed by atoms with Gasteiger partial charge < -0.3 is 5.11 Å². The molecule has 2 rings (SSSR count). The van der Waals surface area contributed by atoms with Crippen molar-refractivity contribution >= 4 is 10.7 Å². The lowest BCUT2D eigenvalue weighted by Gasteiger charge is -2.05. The average molecular weight is 234 g/mol. The number of hydrogen-bond donors (Lipinski definition) is 2. The summed E-state index contributed by atoms with van der Waals surface area (Å²) in [7, 11) is -2.66. The Kier molecular flexibility index (Phi) is 2.92. The summed E-state index contributed by atoms with van der Waals surface area (Å²) in [6.07, 6.45) is 0. The second-order valence-electron chi connectivity index (χ2n) is 3.32. The number of benzene rings is 2. The minimum Gasteiger partial charge on any atom is -0.508 e. The predicted molar refractivity (Wildman–Crippen MR) is 62.1 cm³/mol. The molecule has 0 spiro atoms. The SMILES string of the molecule is O=[SH](=O)c1ccc(O)cc1-c1ccccc1. The van der Waals surface area contributed by atoms with Crippen molar-refractivity contribution in [3.05, 3.63) is 48.5 Å². The topological polar surface area (TPSA) is 54.4 Å². The van der Waals surface area contributed by atoms with Crippen LogP contribution in [0.2, 0.25) is 0 Å². The first-order chi connectivity index (χ1) is 7.68. The van der Waals surface area contributed by atoms with Gasteiger partial charge in [0.05, 0.1) is 4.90 Å². The number of phenols is 1. The Labute approximate surface area is 94.9 Å². The van der Waals surface area contributed by atoms with E-state index in [1.165, 1.54) is 18.2 Å². The Hall–Kier alpha value is -1.81. The maximum atomic E-state index is 11.1. The molecule has 0 heterocycles. The van der Waals surface area contributed by atoms with Crippen molar-refractivity contribution in [2.45, 2.75) is 4.90 Å². The van der Waals surface area contributed by atoms with E-state index in [9.17, 15) is 13.5 Å². The van der Waals surface area contributed by atoms with Gasteiger partial charge in [0.1, 0.15) is 5.75 Å². The zero-order chi connectivity index (χ0) is 11.5. The highest BCUT2D eigenvalue weighted by Crippen LogP contribution is 2.28. The van der Waals surface area contributed by atoms with E-state index in [0.29, 0.717) is 5.56 Å². The van der Waals surface area contributed by atoms with Gasteiger partial charge in [-0.25, -0.2) is 8.42 Å². The third kappa shape index (κ3) is 2.06. The first kappa shape index (κ1) is 10.7. The van der Waals surface area contributed by atoms with E-state index in [1.54, 1.807) is 12.1 Å². The molecule has 0 bridgehead atoms. The van der Waals surface area contributed by atoms with E-state index in [0.717, 1.165) is 5.56 Å². The lowest BCUT2D eigenvalue weighted by atomic mass is 10.1. The monoisotopic (exact) mass is 234 g/mol. The maximum absolute atomic E-state index is 11.1. The van der Waals surface area contributed by atoms with Crippen LogP contribution in [0.25, 0.3) is 11.1 Å². The summed E-state index contributed by atoms with van der Waals surface area (Å²) in [5.41, 5.74) is 1.30. The van der Waals surface area contributed by atoms with Gasteiger partial charge in [0, 0.05) is 5.56 Å². The van der Waals surface area contributed by atoms with Gasteiger partial charge >= 0.3 is 0 Å². The Morgan fingerprint density at radius 3 is 2.25 bits per heavy atom. The van der Waals surface area contributed by atoms with Crippen LogP contribution in [0.1, 0.15) is 0 Å². The van der Waals surface area contributed by atoms with Crippen LogP contribution in [0, 0.1) is 0 Å². The van der Waals surface area contributed by atoms with E-state index < -0.39 is 10.7 Å². The van der Waals surface area contributed by atoms with Crippen molar-refractivity contribution in [1.82, 2.24) is 0 Å². The van der Waals surface area contributed by atoms with E-state index in [4.69, 9.17) is 0 Å². The Morgan fingerprint density at radius 2 is 1.62 bits per heavy atom. The van der Waals surface area contributed by atoms with Crippen molar-refractivity contribution in [1.29, 1.82) is 0 Å². The quantitative estimate of drug-likeness (QED) is 0.782. The molecule has 0 unspecified atom stereocenters. The normalized spacial score (nSPS) is 10.6. The minimum absolute atomic E-state index is 0.0550.